The van der Waals surface area contributed by atoms with E-state index < -0.39 is 6.10 Å². The quantitative estimate of drug-likeness (QED) is 0.751. The summed E-state index contributed by atoms with van der Waals surface area (Å²) >= 11 is 0. The number of cyclic esters (lactones) is 1. The first-order valence-electron chi connectivity index (χ1n) is 7.65. The van der Waals surface area contributed by atoms with Crippen molar-refractivity contribution in [2.24, 2.45) is 0 Å². The lowest BCUT2D eigenvalue weighted by atomic mass is 10.0. The van der Waals surface area contributed by atoms with E-state index in [1.54, 1.807) is 18.3 Å². The lowest BCUT2D eigenvalue weighted by Gasteiger charge is -2.11. The van der Waals surface area contributed by atoms with Gasteiger partial charge in [0.25, 0.3) is 0 Å². The molecule has 1 atom stereocenters. The maximum absolute atomic E-state index is 12.3. The smallest absolute Gasteiger partial charge is 0.339 e. The van der Waals surface area contributed by atoms with E-state index in [0.29, 0.717) is 11.3 Å². The molecule has 0 aliphatic carbocycles. The summed E-state index contributed by atoms with van der Waals surface area (Å²) in [6.45, 7) is 0. The molecule has 1 N–H and O–H groups in total. The number of pyridine rings is 1. The molecule has 1 aliphatic heterocycles. The highest BCUT2D eigenvalue weighted by atomic mass is 16.5. The number of para-hydroxylation sites is 1. The number of rotatable bonds is 3. The standard InChI is InChI=1S/C19H14N2O3/c22-18(10-17-14-6-2-3-7-15(14)19(23)24-17)21-13-9-12-5-1-4-8-16(12)20-11-13/h1-9,11,17H,10H2,(H,21,22). The number of carbonyl (C=O) groups excluding carboxylic acids is 2. The van der Waals surface area contributed by atoms with Gasteiger partial charge in [-0.1, -0.05) is 36.4 Å². The Kier molecular flexibility index (Phi) is 3.46. The molecule has 0 spiro atoms. The number of amides is 1. The van der Waals surface area contributed by atoms with Crippen LogP contribution in [0, 0.1) is 0 Å². The first kappa shape index (κ1) is 14.4. The maximum atomic E-state index is 12.3. The fourth-order valence-electron chi connectivity index (χ4n) is 2.89. The van der Waals surface area contributed by atoms with Crippen molar-refractivity contribution in [3.05, 3.63) is 71.9 Å². The molecule has 0 bridgehead atoms. The van der Waals surface area contributed by atoms with Gasteiger partial charge >= 0.3 is 5.97 Å². The summed E-state index contributed by atoms with van der Waals surface area (Å²) in [6, 6.07) is 16.7. The predicted octanol–water partition coefficient (Wildman–Crippen LogP) is 3.48. The topological polar surface area (TPSA) is 68.3 Å². The average molecular weight is 318 g/mol. The first-order chi connectivity index (χ1) is 11.7. The molecular weight excluding hydrogens is 304 g/mol. The van der Waals surface area contributed by atoms with E-state index in [1.165, 1.54) is 0 Å². The molecule has 5 heteroatoms. The third kappa shape index (κ3) is 2.60. The molecule has 24 heavy (non-hydrogen) atoms. The van der Waals surface area contributed by atoms with Crippen molar-refractivity contribution >= 4 is 28.5 Å². The van der Waals surface area contributed by atoms with Crippen LogP contribution in [0.4, 0.5) is 5.69 Å². The van der Waals surface area contributed by atoms with Gasteiger partial charge in [0.1, 0.15) is 6.10 Å². The van der Waals surface area contributed by atoms with E-state index in [2.05, 4.69) is 10.3 Å². The summed E-state index contributed by atoms with van der Waals surface area (Å²) in [6.07, 6.45) is 1.16. The Morgan fingerprint density at radius 3 is 2.83 bits per heavy atom. The Morgan fingerprint density at radius 2 is 1.92 bits per heavy atom. The summed E-state index contributed by atoms with van der Waals surface area (Å²) in [4.78, 5) is 28.4. The van der Waals surface area contributed by atoms with Crippen LogP contribution in [0.15, 0.2) is 60.8 Å². The molecule has 2 aromatic carbocycles. The number of nitrogens with one attached hydrogen (secondary N) is 1. The van der Waals surface area contributed by atoms with Crippen molar-refractivity contribution in [3.63, 3.8) is 0 Å². The Morgan fingerprint density at radius 1 is 1.12 bits per heavy atom. The van der Waals surface area contributed by atoms with E-state index in [1.807, 2.05) is 42.5 Å². The molecule has 0 saturated heterocycles. The molecule has 1 aliphatic rings. The Labute approximate surface area is 138 Å². The third-order valence-electron chi connectivity index (χ3n) is 4.02. The number of carbonyl (C=O) groups is 2. The highest BCUT2D eigenvalue weighted by Crippen LogP contribution is 2.33. The minimum Gasteiger partial charge on any atom is -0.453 e. The molecular formula is C19H14N2O3. The van der Waals surface area contributed by atoms with Crippen LogP contribution in [0.5, 0.6) is 0 Å². The van der Waals surface area contributed by atoms with Gasteiger partial charge in [0.05, 0.1) is 29.4 Å². The molecule has 5 nitrogen and oxygen atoms in total. The molecule has 4 rings (SSSR count). The van der Waals surface area contributed by atoms with Crippen LogP contribution in [-0.2, 0) is 9.53 Å². The van der Waals surface area contributed by atoms with Gasteiger partial charge in [0.15, 0.2) is 0 Å². The molecule has 3 aromatic rings. The predicted molar refractivity (Wildman–Crippen MR) is 89.6 cm³/mol. The van der Waals surface area contributed by atoms with Crippen molar-refractivity contribution in [3.8, 4) is 0 Å². The second-order valence-corrected chi connectivity index (χ2v) is 5.65. The van der Waals surface area contributed by atoms with Crippen molar-refractivity contribution in [1.29, 1.82) is 0 Å². The Hall–Kier alpha value is -3.21. The van der Waals surface area contributed by atoms with Crippen LogP contribution in [0.2, 0.25) is 0 Å². The number of anilines is 1. The highest BCUT2D eigenvalue weighted by Gasteiger charge is 2.32. The van der Waals surface area contributed by atoms with E-state index in [0.717, 1.165) is 16.5 Å². The molecule has 1 unspecified atom stereocenters. The molecule has 2 heterocycles. The number of benzene rings is 2. The number of hydrogen-bond acceptors (Lipinski definition) is 4. The van der Waals surface area contributed by atoms with Crippen LogP contribution >= 0.6 is 0 Å². The zero-order valence-electron chi connectivity index (χ0n) is 12.7. The first-order valence-corrected chi connectivity index (χ1v) is 7.65. The second-order valence-electron chi connectivity index (χ2n) is 5.65. The van der Waals surface area contributed by atoms with Crippen molar-refractivity contribution in [2.75, 3.05) is 5.32 Å². The van der Waals surface area contributed by atoms with Gasteiger partial charge in [0.2, 0.25) is 5.91 Å². The molecule has 118 valence electrons. The zero-order valence-corrected chi connectivity index (χ0v) is 12.7. The third-order valence-corrected chi connectivity index (χ3v) is 4.02. The van der Waals surface area contributed by atoms with E-state index in [9.17, 15) is 9.59 Å². The van der Waals surface area contributed by atoms with Crippen LogP contribution in [0.3, 0.4) is 0 Å². The number of nitrogens with zero attached hydrogens (tertiary/aromatic N) is 1. The van der Waals surface area contributed by atoms with Gasteiger partial charge in [-0.2, -0.15) is 0 Å². The van der Waals surface area contributed by atoms with E-state index >= 15 is 0 Å². The van der Waals surface area contributed by atoms with Crippen molar-refractivity contribution in [2.45, 2.75) is 12.5 Å². The fourth-order valence-corrected chi connectivity index (χ4v) is 2.89. The lowest BCUT2D eigenvalue weighted by molar-refractivity contribution is -0.118. The largest absolute Gasteiger partial charge is 0.453 e. The molecule has 1 amide bonds. The van der Waals surface area contributed by atoms with Crippen LogP contribution in [0.1, 0.15) is 28.4 Å². The summed E-state index contributed by atoms with van der Waals surface area (Å²) in [5.74, 6) is -0.600. The average Bonchev–Trinajstić information content (AvgIpc) is 2.91. The SMILES string of the molecule is O=C(CC1OC(=O)c2ccccc21)Nc1cnc2ccccc2c1. The van der Waals surface area contributed by atoms with Crippen LogP contribution in [-0.4, -0.2) is 16.9 Å². The van der Waals surface area contributed by atoms with Crippen LogP contribution < -0.4 is 5.32 Å². The van der Waals surface area contributed by atoms with Gasteiger partial charge in [-0.15, -0.1) is 0 Å². The molecule has 0 radical (unpaired) electrons. The minimum absolute atomic E-state index is 0.0789. The maximum Gasteiger partial charge on any atom is 0.339 e. The van der Waals surface area contributed by atoms with Gasteiger partial charge in [0, 0.05) is 10.9 Å². The number of fused-ring (bicyclic) bond motifs is 2. The lowest BCUT2D eigenvalue weighted by Crippen LogP contribution is -2.15. The molecule has 0 fully saturated rings. The number of esters is 1. The summed E-state index contributed by atoms with van der Waals surface area (Å²) < 4.78 is 5.29. The normalized spacial score (nSPS) is 15.8. The van der Waals surface area contributed by atoms with Gasteiger partial charge in [-0.3, -0.25) is 9.78 Å². The molecule has 1 aromatic heterocycles. The van der Waals surface area contributed by atoms with E-state index in [4.69, 9.17) is 4.74 Å². The summed E-state index contributed by atoms with van der Waals surface area (Å²) in [5.41, 5.74) is 2.78. The summed E-state index contributed by atoms with van der Waals surface area (Å²) in [7, 11) is 0. The van der Waals surface area contributed by atoms with Gasteiger partial charge in [-0.05, 0) is 18.2 Å². The number of hydrogen-bond donors (Lipinski definition) is 1. The van der Waals surface area contributed by atoms with Gasteiger partial charge in [-0.25, -0.2) is 4.79 Å². The van der Waals surface area contributed by atoms with Crippen LogP contribution in [0.25, 0.3) is 10.9 Å². The van der Waals surface area contributed by atoms with Crippen molar-refractivity contribution in [1.82, 2.24) is 4.98 Å². The Balaban J connectivity index is 1.50. The van der Waals surface area contributed by atoms with E-state index in [-0.39, 0.29) is 18.3 Å². The second kappa shape index (κ2) is 5.77. The summed E-state index contributed by atoms with van der Waals surface area (Å²) in [5, 5.41) is 3.77. The minimum atomic E-state index is -0.540. The molecule has 0 saturated carbocycles. The number of aromatic nitrogens is 1. The van der Waals surface area contributed by atoms with Crippen molar-refractivity contribution < 1.29 is 14.3 Å². The Bertz CT molecular complexity index is 952. The fraction of sp³-hybridized carbons (Fsp3) is 0.105. The highest BCUT2D eigenvalue weighted by molar-refractivity contribution is 5.97. The van der Waals surface area contributed by atoms with Gasteiger partial charge < -0.3 is 10.1 Å². The zero-order chi connectivity index (χ0) is 16.5. The number of ether oxygens (including phenoxy) is 1. The monoisotopic (exact) mass is 318 g/mol.